The molecule has 0 amide bonds. The lowest BCUT2D eigenvalue weighted by molar-refractivity contribution is 0.542. The van der Waals surface area contributed by atoms with E-state index in [1.165, 1.54) is 10.5 Å². The van der Waals surface area contributed by atoms with Crippen molar-refractivity contribution < 1.29 is 4.42 Å². The van der Waals surface area contributed by atoms with Crippen LogP contribution < -0.4 is 0 Å². The van der Waals surface area contributed by atoms with Gasteiger partial charge in [0.2, 0.25) is 5.89 Å². The van der Waals surface area contributed by atoms with Gasteiger partial charge in [0.1, 0.15) is 5.76 Å². The second-order valence-electron chi connectivity index (χ2n) is 4.60. The predicted octanol–water partition coefficient (Wildman–Crippen LogP) is 5.31. The Morgan fingerprint density at radius 3 is 2.65 bits per heavy atom. The summed E-state index contributed by atoms with van der Waals surface area (Å²) in [5.41, 5.74) is 2.31. The minimum absolute atomic E-state index is 0.733. The van der Waals surface area contributed by atoms with Crippen molar-refractivity contribution in [2.75, 3.05) is 0 Å². The molecule has 0 saturated carbocycles. The zero-order valence-electron chi connectivity index (χ0n) is 11.4. The molecule has 2 aromatic heterocycles. The molecule has 0 bridgehead atoms. The monoisotopic (exact) mass is 301 g/mol. The standard InChI is InChI=1S/C16H15NOS2/c1-11-5-7-13(8-6-11)20-10-14-12(2)18-16(17-14)15-4-3-9-19-15/h3-9H,10H2,1-2H3. The van der Waals surface area contributed by atoms with Gasteiger partial charge in [0, 0.05) is 10.6 Å². The molecule has 3 rings (SSSR count). The second kappa shape index (κ2) is 5.85. The Hall–Kier alpha value is -1.52. The molecule has 0 N–H and O–H groups in total. The summed E-state index contributed by atoms with van der Waals surface area (Å²) in [6.45, 7) is 4.08. The second-order valence-corrected chi connectivity index (χ2v) is 6.60. The highest BCUT2D eigenvalue weighted by atomic mass is 32.2. The minimum Gasteiger partial charge on any atom is -0.440 e. The molecule has 0 aliphatic heterocycles. The maximum atomic E-state index is 5.75. The van der Waals surface area contributed by atoms with Crippen LogP contribution in [0.25, 0.3) is 10.8 Å². The summed E-state index contributed by atoms with van der Waals surface area (Å²) in [6.07, 6.45) is 0. The van der Waals surface area contributed by atoms with Crippen LogP contribution in [0.4, 0.5) is 0 Å². The normalized spacial score (nSPS) is 10.9. The molecule has 2 heterocycles. The first-order valence-corrected chi connectivity index (χ1v) is 8.28. The van der Waals surface area contributed by atoms with Crippen molar-refractivity contribution in [3.05, 3.63) is 58.8 Å². The summed E-state index contributed by atoms with van der Waals surface area (Å²) >= 11 is 3.44. The quantitative estimate of drug-likeness (QED) is 0.611. The highest BCUT2D eigenvalue weighted by Crippen LogP contribution is 2.29. The third kappa shape index (κ3) is 2.97. The Bertz CT molecular complexity index is 684. The van der Waals surface area contributed by atoms with Gasteiger partial charge in [-0.15, -0.1) is 23.1 Å². The average Bonchev–Trinajstić information content (AvgIpc) is 3.08. The van der Waals surface area contributed by atoms with Gasteiger partial charge in [-0.05, 0) is 37.4 Å². The third-order valence-electron chi connectivity index (χ3n) is 3.02. The molecule has 2 nitrogen and oxygen atoms in total. The fourth-order valence-electron chi connectivity index (χ4n) is 1.85. The number of aromatic nitrogens is 1. The van der Waals surface area contributed by atoms with Crippen LogP contribution in [0.2, 0.25) is 0 Å². The summed E-state index contributed by atoms with van der Waals surface area (Å²) in [7, 11) is 0. The predicted molar refractivity (Wildman–Crippen MR) is 85.3 cm³/mol. The van der Waals surface area contributed by atoms with Gasteiger partial charge in [-0.1, -0.05) is 23.8 Å². The fourth-order valence-corrected chi connectivity index (χ4v) is 3.40. The molecule has 4 heteroatoms. The number of hydrogen-bond donors (Lipinski definition) is 0. The molecule has 0 aliphatic carbocycles. The Labute approximate surface area is 126 Å². The highest BCUT2D eigenvalue weighted by molar-refractivity contribution is 7.98. The van der Waals surface area contributed by atoms with Gasteiger partial charge in [0.15, 0.2) is 0 Å². The van der Waals surface area contributed by atoms with Crippen molar-refractivity contribution in [3.8, 4) is 10.8 Å². The molecule has 0 fully saturated rings. The topological polar surface area (TPSA) is 26.0 Å². The minimum atomic E-state index is 0.733. The van der Waals surface area contributed by atoms with Crippen LogP contribution in [0.3, 0.4) is 0 Å². The van der Waals surface area contributed by atoms with Gasteiger partial charge in [0.25, 0.3) is 0 Å². The van der Waals surface area contributed by atoms with Crippen LogP contribution in [0, 0.1) is 13.8 Å². The molecule has 0 radical (unpaired) electrons. The van der Waals surface area contributed by atoms with Crippen LogP contribution in [-0.2, 0) is 5.75 Å². The Morgan fingerprint density at radius 2 is 1.95 bits per heavy atom. The largest absolute Gasteiger partial charge is 0.440 e. The van der Waals surface area contributed by atoms with Gasteiger partial charge in [-0.25, -0.2) is 4.98 Å². The number of rotatable bonds is 4. The molecular weight excluding hydrogens is 286 g/mol. The summed E-state index contributed by atoms with van der Waals surface area (Å²) in [6, 6.07) is 12.6. The van der Waals surface area contributed by atoms with E-state index in [2.05, 4.69) is 36.2 Å². The zero-order valence-corrected chi connectivity index (χ0v) is 13.1. The van der Waals surface area contributed by atoms with Crippen molar-refractivity contribution >= 4 is 23.1 Å². The van der Waals surface area contributed by atoms with Crippen molar-refractivity contribution in [3.63, 3.8) is 0 Å². The van der Waals surface area contributed by atoms with Crippen LogP contribution in [0.5, 0.6) is 0 Å². The Balaban J connectivity index is 1.73. The molecular formula is C16H15NOS2. The molecule has 0 aliphatic rings. The lowest BCUT2D eigenvalue weighted by Gasteiger charge is -2.00. The summed E-state index contributed by atoms with van der Waals surface area (Å²) in [5, 5.41) is 2.04. The molecule has 102 valence electrons. The first-order valence-electron chi connectivity index (χ1n) is 6.42. The van der Waals surface area contributed by atoms with Crippen molar-refractivity contribution in [2.45, 2.75) is 24.5 Å². The summed E-state index contributed by atoms with van der Waals surface area (Å²) < 4.78 is 5.75. The van der Waals surface area contributed by atoms with Crippen molar-refractivity contribution in [1.82, 2.24) is 4.98 Å². The van der Waals surface area contributed by atoms with E-state index in [0.717, 1.165) is 28.0 Å². The van der Waals surface area contributed by atoms with E-state index >= 15 is 0 Å². The summed E-state index contributed by atoms with van der Waals surface area (Å²) in [5.74, 6) is 2.48. The molecule has 3 aromatic rings. The van der Waals surface area contributed by atoms with Gasteiger partial charge < -0.3 is 4.42 Å². The molecule has 0 atom stereocenters. The van der Waals surface area contributed by atoms with E-state index in [1.54, 1.807) is 23.1 Å². The van der Waals surface area contributed by atoms with E-state index in [4.69, 9.17) is 4.42 Å². The van der Waals surface area contributed by atoms with E-state index in [-0.39, 0.29) is 0 Å². The van der Waals surface area contributed by atoms with E-state index < -0.39 is 0 Å². The van der Waals surface area contributed by atoms with Crippen molar-refractivity contribution in [1.29, 1.82) is 0 Å². The number of hydrogen-bond acceptors (Lipinski definition) is 4. The maximum absolute atomic E-state index is 5.75. The van der Waals surface area contributed by atoms with Crippen LogP contribution in [0.15, 0.2) is 51.1 Å². The number of nitrogens with zero attached hydrogens (tertiary/aromatic N) is 1. The smallest absolute Gasteiger partial charge is 0.236 e. The SMILES string of the molecule is Cc1ccc(SCc2nc(-c3cccs3)oc2C)cc1. The molecule has 20 heavy (non-hydrogen) atoms. The number of thiophene rings is 1. The molecule has 0 saturated heterocycles. The molecule has 1 aromatic carbocycles. The van der Waals surface area contributed by atoms with Crippen LogP contribution >= 0.6 is 23.1 Å². The molecule has 0 unspecified atom stereocenters. The van der Waals surface area contributed by atoms with E-state index in [9.17, 15) is 0 Å². The number of oxazole rings is 1. The average molecular weight is 301 g/mol. The lowest BCUT2D eigenvalue weighted by atomic mass is 10.2. The van der Waals surface area contributed by atoms with Gasteiger partial charge in [-0.3, -0.25) is 0 Å². The number of thioether (sulfide) groups is 1. The van der Waals surface area contributed by atoms with Gasteiger partial charge >= 0.3 is 0 Å². The number of aryl methyl sites for hydroxylation is 2. The highest BCUT2D eigenvalue weighted by Gasteiger charge is 2.12. The summed E-state index contributed by atoms with van der Waals surface area (Å²) in [4.78, 5) is 6.95. The lowest BCUT2D eigenvalue weighted by Crippen LogP contribution is -1.84. The van der Waals surface area contributed by atoms with Crippen LogP contribution in [0.1, 0.15) is 17.0 Å². The number of benzene rings is 1. The Kier molecular flexibility index (Phi) is 3.94. The maximum Gasteiger partial charge on any atom is 0.236 e. The zero-order chi connectivity index (χ0) is 13.9. The van der Waals surface area contributed by atoms with Gasteiger partial charge in [-0.2, -0.15) is 0 Å². The molecule has 0 spiro atoms. The van der Waals surface area contributed by atoms with Gasteiger partial charge in [0.05, 0.1) is 10.6 Å². The van der Waals surface area contributed by atoms with Crippen LogP contribution in [-0.4, -0.2) is 4.98 Å². The van der Waals surface area contributed by atoms with E-state index in [0.29, 0.717) is 0 Å². The first kappa shape index (κ1) is 13.5. The first-order chi connectivity index (χ1) is 9.72. The van der Waals surface area contributed by atoms with Crippen molar-refractivity contribution in [2.24, 2.45) is 0 Å². The third-order valence-corrected chi connectivity index (χ3v) is 4.90. The fraction of sp³-hybridized carbons (Fsp3) is 0.188. The van der Waals surface area contributed by atoms with E-state index in [1.807, 2.05) is 24.4 Å². The Morgan fingerprint density at radius 1 is 1.15 bits per heavy atom.